The normalized spacial score (nSPS) is 10.3. The number of rotatable bonds is 5. The molecule has 2 aromatic rings. The summed E-state index contributed by atoms with van der Waals surface area (Å²) >= 11 is 6.13. The summed E-state index contributed by atoms with van der Waals surface area (Å²) in [5.41, 5.74) is 1.12. The summed E-state index contributed by atoms with van der Waals surface area (Å²) < 4.78 is 24.4. The SMILES string of the molecule is CCOc1c(Cl)cc(C(=O)Nc2ccc(C)cc2F)cc1OC. The van der Waals surface area contributed by atoms with Crippen molar-refractivity contribution in [3.63, 3.8) is 0 Å². The fourth-order valence-electron chi connectivity index (χ4n) is 2.05. The maximum Gasteiger partial charge on any atom is 0.255 e. The molecule has 0 unspecified atom stereocenters. The number of ether oxygens (including phenoxy) is 2. The first-order valence-electron chi connectivity index (χ1n) is 7.04. The van der Waals surface area contributed by atoms with Crippen molar-refractivity contribution >= 4 is 23.2 Å². The van der Waals surface area contributed by atoms with Gasteiger partial charge in [0.15, 0.2) is 11.5 Å². The van der Waals surface area contributed by atoms with Gasteiger partial charge in [-0.05, 0) is 43.7 Å². The van der Waals surface area contributed by atoms with Gasteiger partial charge in [0.05, 0.1) is 24.4 Å². The van der Waals surface area contributed by atoms with Crippen LogP contribution in [0, 0.1) is 12.7 Å². The number of halogens is 2. The van der Waals surface area contributed by atoms with Crippen LogP contribution in [0.2, 0.25) is 5.02 Å². The average molecular weight is 338 g/mol. The number of hydrogen-bond donors (Lipinski definition) is 1. The molecule has 0 aliphatic heterocycles. The Morgan fingerprint density at radius 3 is 2.65 bits per heavy atom. The molecule has 0 spiro atoms. The Kier molecular flexibility index (Phi) is 5.45. The highest BCUT2D eigenvalue weighted by Gasteiger charge is 2.16. The lowest BCUT2D eigenvalue weighted by molar-refractivity contribution is 0.102. The molecule has 0 radical (unpaired) electrons. The van der Waals surface area contributed by atoms with Crippen LogP contribution in [0.3, 0.4) is 0 Å². The van der Waals surface area contributed by atoms with E-state index in [2.05, 4.69) is 5.32 Å². The fraction of sp³-hybridized carbons (Fsp3) is 0.235. The minimum atomic E-state index is -0.498. The molecule has 2 aromatic carbocycles. The second-order valence-corrected chi connectivity index (χ2v) is 5.27. The predicted molar refractivity (Wildman–Crippen MR) is 88.3 cm³/mol. The number of nitrogens with one attached hydrogen (secondary N) is 1. The molecule has 0 saturated heterocycles. The molecule has 1 N–H and O–H groups in total. The molecular formula is C17H17ClFNO3. The number of anilines is 1. The predicted octanol–water partition coefficient (Wildman–Crippen LogP) is 4.45. The van der Waals surface area contributed by atoms with Gasteiger partial charge in [-0.1, -0.05) is 17.7 Å². The molecule has 122 valence electrons. The van der Waals surface area contributed by atoms with E-state index in [9.17, 15) is 9.18 Å². The Bertz CT molecular complexity index is 734. The molecule has 0 aromatic heterocycles. The van der Waals surface area contributed by atoms with E-state index in [-0.39, 0.29) is 16.3 Å². The first-order chi connectivity index (χ1) is 11.0. The van der Waals surface area contributed by atoms with Gasteiger partial charge in [-0.15, -0.1) is 0 Å². The van der Waals surface area contributed by atoms with Crippen LogP contribution in [-0.4, -0.2) is 19.6 Å². The third kappa shape index (κ3) is 3.93. The number of methoxy groups -OCH3 is 1. The zero-order valence-corrected chi connectivity index (χ0v) is 13.8. The molecule has 4 nitrogen and oxygen atoms in total. The summed E-state index contributed by atoms with van der Waals surface area (Å²) in [7, 11) is 1.45. The van der Waals surface area contributed by atoms with E-state index in [1.54, 1.807) is 13.0 Å². The van der Waals surface area contributed by atoms with Crippen LogP contribution in [0.5, 0.6) is 11.5 Å². The monoisotopic (exact) mass is 337 g/mol. The summed E-state index contributed by atoms with van der Waals surface area (Å²) in [5, 5.41) is 2.77. The van der Waals surface area contributed by atoms with Crippen molar-refractivity contribution in [2.75, 3.05) is 19.0 Å². The van der Waals surface area contributed by atoms with Gasteiger partial charge in [0.2, 0.25) is 0 Å². The molecular weight excluding hydrogens is 321 g/mol. The molecule has 23 heavy (non-hydrogen) atoms. The number of amides is 1. The van der Waals surface area contributed by atoms with Crippen LogP contribution in [0.25, 0.3) is 0 Å². The molecule has 2 rings (SSSR count). The zero-order chi connectivity index (χ0) is 17.0. The minimum absolute atomic E-state index is 0.101. The van der Waals surface area contributed by atoms with E-state index >= 15 is 0 Å². The minimum Gasteiger partial charge on any atom is -0.493 e. The van der Waals surface area contributed by atoms with Crippen molar-refractivity contribution in [3.8, 4) is 11.5 Å². The van der Waals surface area contributed by atoms with E-state index in [1.165, 1.54) is 31.4 Å². The van der Waals surface area contributed by atoms with Crippen molar-refractivity contribution in [2.45, 2.75) is 13.8 Å². The van der Waals surface area contributed by atoms with Gasteiger partial charge in [-0.2, -0.15) is 0 Å². The van der Waals surface area contributed by atoms with E-state index in [1.807, 2.05) is 6.92 Å². The average Bonchev–Trinajstić information content (AvgIpc) is 2.51. The van der Waals surface area contributed by atoms with Crippen LogP contribution < -0.4 is 14.8 Å². The highest BCUT2D eigenvalue weighted by Crippen LogP contribution is 2.36. The molecule has 1 amide bonds. The van der Waals surface area contributed by atoms with Crippen LogP contribution in [0.15, 0.2) is 30.3 Å². The number of aryl methyl sites for hydroxylation is 1. The number of carbonyl (C=O) groups excluding carboxylic acids is 1. The lowest BCUT2D eigenvalue weighted by Crippen LogP contribution is -2.13. The quantitative estimate of drug-likeness (QED) is 0.877. The highest BCUT2D eigenvalue weighted by molar-refractivity contribution is 6.32. The van der Waals surface area contributed by atoms with Gasteiger partial charge in [0.25, 0.3) is 5.91 Å². The molecule has 0 heterocycles. The second-order valence-electron chi connectivity index (χ2n) is 4.86. The zero-order valence-electron chi connectivity index (χ0n) is 13.1. The van der Waals surface area contributed by atoms with Gasteiger partial charge < -0.3 is 14.8 Å². The fourth-order valence-corrected chi connectivity index (χ4v) is 2.32. The molecule has 0 aliphatic carbocycles. The number of benzene rings is 2. The Morgan fingerprint density at radius 1 is 1.30 bits per heavy atom. The Morgan fingerprint density at radius 2 is 2.04 bits per heavy atom. The molecule has 0 atom stereocenters. The summed E-state index contributed by atoms with van der Waals surface area (Å²) in [4.78, 5) is 12.3. The summed E-state index contributed by atoms with van der Waals surface area (Å²) in [5.74, 6) is -0.276. The van der Waals surface area contributed by atoms with Crippen LogP contribution in [-0.2, 0) is 0 Å². The first-order valence-corrected chi connectivity index (χ1v) is 7.42. The topological polar surface area (TPSA) is 47.6 Å². The Labute approximate surface area is 139 Å². The smallest absolute Gasteiger partial charge is 0.255 e. The first kappa shape index (κ1) is 17.1. The van der Waals surface area contributed by atoms with Crippen molar-refractivity contribution in [2.24, 2.45) is 0 Å². The van der Waals surface area contributed by atoms with Crippen molar-refractivity contribution in [3.05, 3.63) is 52.3 Å². The van der Waals surface area contributed by atoms with Crippen LogP contribution in [0.1, 0.15) is 22.8 Å². The number of hydrogen-bond acceptors (Lipinski definition) is 3. The van der Waals surface area contributed by atoms with E-state index in [4.69, 9.17) is 21.1 Å². The van der Waals surface area contributed by atoms with Gasteiger partial charge in [0.1, 0.15) is 5.82 Å². The summed E-state index contributed by atoms with van der Waals surface area (Å²) in [6, 6.07) is 7.52. The molecule has 0 aliphatic rings. The van der Waals surface area contributed by atoms with Crippen molar-refractivity contribution < 1.29 is 18.7 Å². The number of carbonyl (C=O) groups is 1. The molecule has 0 bridgehead atoms. The maximum absolute atomic E-state index is 13.8. The highest BCUT2D eigenvalue weighted by atomic mass is 35.5. The summed E-state index contributed by atoms with van der Waals surface area (Å²) in [6.07, 6.45) is 0. The third-order valence-corrected chi connectivity index (χ3v) is 3.43. The van der Waals surface area contributed by atoms with Crippen molar-refractivity contribution in [1.29, 1.82) is 0 Å². The van der Waals surface area contributed by atoms with Crippen LogP contribution in [0.4, 0.5) is 10.1 Å². The second kappa shape index (κ2) is 7.33. The van der Waals surface area contributed by atoms with Gasteiger partial charge >= 0.3 is 0 Å². The van der Waals surface area contributed by atoms with E-state index in [0.717, 1.165) is 5.56 Å². The van der Waals surface area contributed by atoms with E-state index in [0.29, 0.717) is 18.1 Å². The molecule has 6 heteroatoms. The van der Waals surface area contributed by atoms with Gasteiger partial charge in [-0.25, -0.2) is 4.39 Å². The Hall–Kier alpha value is -2.27. The standard InChI is InChI=1S/C17H17ClFNO3/c1-4-23-16-12(18)8-11(9-15(16)22-3)17(21)20-14-6-5-10(2)7-13(14)19/h5-9H,4H2,1-3H3,(H,20,21). The van der Waals surface area contributed by atoms with E-state index < -0.39 is 11.7 Å². The largest absolute Gasteiger partial charge is 0.493 e. The lowest BCUT2D eigenvalue weighted by Gasteiger charge is -2.13. The van der Waals surface area contributed by atoms with Gasteiger partial charge in [0, 0.05) is 5.56 Å². The van der Waals surface area contributed by atoms with Gasteiger partial charge in [-0.3, -0.25) is 4.79 Å². The Balaban J connectivity index is 2.30. The molecule has 0 fully saturated rings. The summed E-state index contributed by atoms with van der Waals surface area (Å²) in [6.45, 7) is 4.00. The third-order valence-electron chi connectivity index (χ3n) is 3.15. The lowest BCUT2D eigenvalue weighted by atomic mass is 10.1. The maximum atomic E-state index is 13.8. The molecule has 0 saturated carbocycles. The van der Waals surface area contributed by atoms with Crippen LogP contribution >= 0.6 is 11.6 Å². The van der Waals surface area contributed by atoms with Crippen molar-refractivity contribution in [1.82, 2.24) is 0 Å².